The molecule has 0 aliphatic carbocycles. The lowest BCUT2D eigenvalue weighted by molar-refractivity contribution is -0.118. The second-order valence-electron chi connectivity index (χ2n) is 4.94. The zero-order valence-electron chi connectivity index (χ0n) is 11.8. The molecule has 2 aromatic rings. The SMILES string of the molecule is CC(=O)c1cc(CC(=O)CCc2ccccc2)oc1C. The van der Waals surface area contributed by atoms with Crippen molar-refractivity contribution in [2.24, 2.45) is 0 Å². The molecular weight excluding hydrogens is 252 g/mol. The second kappa shape index (κ2) is 6.33. The van der Waals surface area contributed by atoms with Gasteiger partial charge in [0.1, 0.15) is 17.3 Å². The molecule has 1 heterocycles. The highest BCUT2D eigenvalue weighted by atomic mass is 16.3. The van der Waals surface area contributed by atoms with Gasteiger partial charge in [-0.25, -0.2) is 0 Å². The first-order valence-corrected chi connectivity index (χ1v) is 6.72. The van der Waals surface area contributed by atoms with Gasteiger partial charge in [-0.3, -0.25) is 9.59 Å². The molecule has 0 bridgehead atoms. The average molecular weight is 270 g/mol. The molecule has 0 aliphatic rings. The predicted molar refractivity (Wildman–Crippen MR) is 76.9 cm³/mol. The number of hydrogen-bond donors (Lipinski definition) is 0. The number of carbonyl (C=O) groups excluding carboxylic acids is 2. The van der Waals surface area contributed by atoms with Gasteiger partial charge < -0.3 is 4.42 Å². The summed E-state index contributed by atoms with van der Waals surface area (Å²) < 4.78 is 5.46. The van der Waals surface area contributed by atoms with Crippen LogP contribution >= 0.6 is 0 Å². The summed E-state index contributed by atoms with van der Waals surface area (Å²) in [6, 6.07) is 11.6. The van der Waals surface area contributed by atoms with E-state index in [0.29, 0.717) is 23.5 Å². The zero-order chi connectivity index (χ0) is 14.5. The van der Waals surface area contributed by atoms with Gasteiger partial charge in [0.2, 0.25) is 0 Å². The Morgan fingerprint density at radius 1 is 1.15 bits per heavy atom. The molecule has 1 aromatic heterocycles. The third kappa shape index (κ3) is 3.67. The van der Waals surface area contributed by atoms with Crippen LogP contribution in [0.1, 0.15) is 40.8 Å². The van der Waals surface area contributed by atoms with Crippen LogP contribution in [0.25, 0.3) is 0 Å². The summed E-state index contributed by atoms with van der Waals surface area (Å²) in [5, 5.41) is 0. The maximum absolute atomic E-state index is 11.9. The lowest BCUT2D eigenvalue weighted by atomic mass is 10.1. The fraction of sp³-hybridized carbons (Fsp3) is 0.294. The topological polar surface area (TPSA) is 47.3 Å². The van der Waals surface area contributed by atoms with Crippen molar-refractivity contribution in [3.05, 3.63) is 59.0 Å². The number of furan rings is 1. The molecule has 0 radical (unpaired) electrons. The van der Waals surface area contributed by atoms with E-state index >= 15 is 0 Å². The van der Waals surface area contributed by atoms with Crippen molar-refractivity contribution in [1.29, 1.82) is 0 Å². The third-order valence-electron chi connectivity index (χ3n) is 3.25. The van der Waals surface area contributed by atoms with Crippen LogP contribution in [0.4, 0.5) is 0 Å². The first-order chi connectivity index (χ1) is 9.56. The number of rotatable bonds is 6. The van der Waals surface area contributed by atoms with Crippen LogP contribution in [-0.4, -0.2) is 11.6 Å². The van der Waals surface area contributed by atoms with Crippen molar-refractivity contribution in [1.82, 2.24) is 0 Å². The monoisotopic (exact) mass is 270 g/mol. The van der Waals surface area contributed by atoms with Gasteiger partial charge in [-0.1, -0.05) is 30.3 Å². The van der Waals surface area contributed by atoms with E-state index < -0.39 is 0 Å². The summed E-state index contributed by atoms with van der Waals surface area (Å²) in [4.78, 5) is 23.3. The standard InChI is InChI=1S/C17H18O3/c1-12(18)17-11-16(20-13(17)2)10-15(19)9-8-14-6-4-3-5-7-14/h3-7,11H,8-10H2,1-2H3. The van der Waals surface area contributed by atoms with Crippen LogP contribution < -0.4 is 0 Å². The highest BCUT2D eigenvalue weighted by molar-refractivity contribution is 5.95. The van der Waals surface area contributed by atoms with Crippen LogP contribution in [0, 0.1) is 6.92 Å². The van der Waals surface area contributed by atoms with E-state index in [0.717, 1.165) is 12.0 Å². The minimum absolute atomic E-state index is 0.0331. The summed E-state index contributed by atoms with van der Waals surface area (Å²) in [5.74, 6) is 1.25. The number of hydrogen-bond acceptors (Lipinski definition) is 3. The molecule has 0 spiro atoms. The zero-order valence-corrected chi connectivity index (χ0v) is 11.8. The van der Waals surface area contributed by atoms with Crippen molar-refractivity contribution >= 4 is 11.6 Å². The van der Waals surface area contributed by atoms with Crippen LogP contribution in [0.2, 0.25) is 0 Å². The Morgan fingerprint density at radius 3 is 2.45 bits per heavy atom. The Morgan fingerprint density at radius 2 is 1.85 bits per heavy atom. The Bertz CT molecular complexity index is 608. The molecule has 0 N–H and O–H groups in total. The van der Waals surface area contributed by atoms with Crippen molar-refractivity contribution in [3.8, 4) is 0 Å². The lowest BCUT2D eigenvalue weighted by Crippen LogP contribution is -2.03. The molecule has 0 atom stereocenters. The number of ketones is 2. The number of benzene rings is 1. The molecule has 0 saturated carbocycles. The van der Waals surface area contributed by atoms with Crippen LogP contribution in [0.3, 0.4) is 0 Å². The molecular formula is C17H18O3. The highest BCUT2D eigenvalue weighted by Gasteiger charge is 2.13. The van der Waals surface area contributed by atoms with Gasteiger partial charge in [0.25, 0.3) is 0 Å². The smallest absolute Gasteiger partial charge is 0.163 e. The quantitative estimate of drug-likeness (QED) is 0.754. The normalized spacial score (nSPS) is 10.5. The van der Waals surface area contributed by atoms with Crippen molar-refractivity contribution in [3.63, 3.8) is 0 Å². The Hall–Kier alpha value is -2.16. The molecule has 2 rings (SSSR count). The number of Topliss-reactive ketones (excluding diaryl/α,β-unsaturated/α-hetero) is 2. The van der Waals surface area contributed by atoms with E-state index in [-0.39, 0.29) is 18.0 Å². The minimum atomic E-state index is -0.0331. The van der Waals surface area contributed by atoms with E-state index in [9.17, 15) is 9.59 Å². The molecule has 0 fully saturated rings. The summed E-state index contributed by atoms with van der Waals surface area (Å²) in [6.07, 6.45) is 1.47. The van der Waals surface area contributed by atoms with Gasteiger partial charge in [0.05, 0.1) is 12.0 Å². The first-order valence-electron chi connectivity index (χ1n) is 6.72. The van der Waals surface area contributed by atoms with Crippen molar-refractivity contribution in [2.75, 3.05) is 0 Å². The van der Waals surface area contributed by atoms with Crippen molar-refractivity contribution in [2.45, 2.75) is 33.1 Å². The third-order valence-corrected chi connectivity index (χ3v) is 3.25. The van der Waals surface area contributed by atoms with Gasteiger partial charge in [0, 0.05) is 6.42 Å². The van der Waals surface area contributed by atoms with E-state index in [1.54, 1.807) is 13.0 Å². The lowest BCUT2D eigenvalue weighted by Gasteiger charge is -2.00. The summed E-state index contributed by atoms with van der Waals surface area (Å²) in [6.45, 7) is 3.24. The van der Waals surface area contributed by atoms with E-state index in [4.69, 9.17) is 4.42 Å². The summed E-state index contributed by atoms with van der Waals surface area (Å²) in [7, 11) is 0. The molecule has 0 aliphatic heterocycles. The van der Waals surface area contributed by atoms with E-state index in [1.165, 1.54) is 6.92 Å². The van der Waals surface area contributed by atoms with Gasteiger partial charge in [0.15, 0.2) is 5.78 Å². The van der Waals surface area contributed by atoms with Gasteiger partial charge in [-0.05, 0) is 31.9 Å². The fourth-order valence-corrected chi connectivity index (χ4v) is 2.19. The summed E-state index contributed by atoms with van der Waals surface area (Å²) in [5.41, 5.74) is 1.72. The molecule has 3 heteroatoms. The fourth-order valence-electron chi connectivity index (χ4n) is 2.19. The number of aryl methyl sites for hydroxylation is 2. The Balaban J connectivity index is 1.92. The second-order valence-corrected chi connectivity index (χ2v) is 4.94. The van der Waals surface area contributed by atoms with Crippen molar-refractivity contribution < 1.29 is 14.0 Å². The van der Waals surface area contributed by atoms with E-state index in [1.807, 2.05) is 30.3 Å². The Labute approximate surface area is 118 Å². The molecule has 20 heavy (non-hydrogen) atoms. The molecule has 0 amide bonds. The Kier molecular flexibility index (Phi) is 4.51. The van der Waals surface area contributed by atoms with E-state index in [2.05, 4.69) is 0 Å². The molecule has 3 nitrogen and oxygen atoms in total. The summed E-state index contributed by atoms with van der Waals surface area (Å²) >= 11 is 0. The van der Waals surface area contributed by atoms with Gasteiger partial charge in [-0.15, -0.1) is 0 Å². The maximum atomic E-state index is 11.9. The minimum Gasteiger partial charge on any atom is -0.465 e. The molecule has 0 saturated heterocycles. The van der Waals surface area contributed by atoms with Crippen LogP contribution in [-0.2, 0) is 17.6 Å². The number of carbonyl (C=O) groups is 2. The molecule has 1 aromatic carbocycles. The highest BCUT2D eigenvalue weighted by Crippen LogP contribution is 2.16. The van der Waals surface area contributed by atoms with Crippen LogP contribution in [0.5, 0.6) is 0 Å². The first kappa shape index (κ1) is 14.3. The van der Waals surface area contributed by atoms with Crippen LogP contribution in [0.15, 0.2) is 40.8 Å². The van der Waals surface area contributed by atoms with Gasteiger partial charge >= 0.3 is 0 Å². The maximum Gasteiger partial charge on any atom is 0.163 e. The average Bonchev–Trinajstić information content (AvgIpc) is 2.78. The largest absolute Gasteiger partial charge is 0.465 e. The molecule has 104 valence electrons. The van der Waals surface area contributed by atoms with Gasteiger partial charge in [-0.2, -0.15) is 0 Å². The predicted octanol–water partition coefficient (Wildman–Crippen LogP) is 3.54. The molecule has 0 unspecified atom stereocenters.